The lowest BCUT2D eigenvalue weighted by Gasteiger charge is -2.09. The van der Waals surface area contributed by atoms with Gasteiger partial charge in [-0.05, 0) is 54.8 Å². The Balaban J connectivity index is 1.45. The summed E-state index contributed by atoms with van der Waals surface area (Å²) in [6.07, 6.45) is 0.910. The van der Waals surface area contributed by atoms with E-state index in [4.69, 9.17) is 11.6 Å². The second-order valence-corrected chi connectivity index (χ2v) is 9.20. The van der Waals surface area contributed by atoms with Crippen molar-refractivity contribution in [2.75, 3.05) is 18.4 Å². The fourth-order valence-corrected chi connectivity index (χ4v) is 4.14. The zero-order valence-electron chi connectivity index (χ0n) is 15.8. The van der Waals surface area contributed by atoms with Crippen LogP contribution in [0.2, 0.25) is 5.02 Å². The van der Waals surface area contributed by atoms with E-state index >= 15 is 0 Å². The molecule has 0 aromatic heterocycles. The standard InChI is InChI=1S/C20H22ClN3O4S/c1-13-11-18(13)20(26)24-16-7-5-14(6-8-16)19(25)22-9-10-23-29(27,28)17-4-2-3-15(21)12-17/h2-8,12-13,18,23H,9-11H2,1H3,(H,22,25)(H,24,26). The Morgan fingerprint density at radius 1 is 1.10 bits per heavy atom. The molecule has 0 bridgehead atoms. The summed E-state index contributed by atoms with van der Waals surface area (Å²) in [7, 11) is -3.69. The van der Waals surface area contributed by atoms with E-state index in [0.29, 0.717) is 22.2 Å². The molecule has 1 aliphatic rings. The molecule has 154 valence electrons. The Morgan fingerprint density at radius 2 is 1.79 bits per heavy atom. The van der Waals surface area contributed by atoms with Gasteiger partial charge in [0.05, 0.1) is 4.90 Å². The van der Waals surface area contributed by atoms with Gasteiger partial charge in [0.25, 0.3) is 5.91 Å². The first-order valence-corrected chi connectivity index (χ1v) is 11.1. The van der Waals surface area contributed by atoms with E-state index in [2.05, 4.69) is 15.4 Å². The van der Waals surface area contributed by atoms with Gasteiger partial charge in [-0.1, -0.05) is 24.6 Å². The number of benzene rings is 2. The molecule has 0 saturated heterocycles. The van der Waals surface area contributed by atoms with Crippen molar-refractivity contribution < 1.29 is 18.0 Å². The van der Waals surface area contributed by atoms with Crippen LogP contribution < -0.4 is 15.4 Å². The van der Waals surface area contributed by atoms with E-state index in [1.54, 1.807) is 36.4 Å². The minimum Gasteiger partial charge on any atom is -0.351 e. The molecule has 3 rings (SSSR count). The lowest BCUT2D eigenvalue weighted by atomic mass is 10.2. The number of sulfonamides is 1. The van der Waals surface area contributed by atoms with Crippen molar-refractivity contribution in [2.45, 2.75) is 18.2 Å². The second kappa shape index (κ2) is 8.94. The van der Waals surface area contributed by atoms with Crippen molar-refractivity contribution in [3.63, 3.8) is 0 Å². The van der Waals surface area contributed by atoms with Crippen molar-refractivity contribution >= 4 is 39.1 Å². The Kier molecular flexibility index (Phi) is 6.56. The molecule has 0 radical (unpaired) electrons. The lowest BCUT2D eigenvalue weighted by Crippen LogP contribution is -2.34. The highest BCUT2D eigenvalue weighted by molar-refractivity contribution is 7.89. The van der Waals surface area contributed by atoms with Gasteiger partial charge in [-0.25, -0.2) is 13.1 Å². The van der Waals surface area contributed by atoms with Crippen LogP contribution in [-0.4, -0.2) is 33.3 Å². The molecular formula is C20H22ClN3O4S. The van der Waals surface area contributed by atoms with Crippen LogP contribution in [0.25, 0.3) is 0 Å². The van der Waals surface area contributed by atoms with E-state index in [9.17, 15) is 18.0 Å². The Hall–Kier alpha value is -2.42. The Morgan fingerprint density at radius 3 is 2.41 bits per heavy atom. The highest BCUT2D eigenvalue weighted by atomic mass is 35.5. The summed E-state index contributed by atoms with van der Waals surface area (Å²) in [5.41, 5.74) is 1.06. The molecule has 2 aromatic carbocycles. The van der Waals surface area contributed by atoms with E-state index in [1.807, 2.05) is 6.92 Å². The van der Waals surface area contributed by atoms with Crippen LogP contribution in [0, 0.1) is 11.8 Å². The highest BCUT2D eigenvalue weighted by Crippen LogP contribution is 2.38. The zero-order chi connectivity index (χ0) is 21.0. The van der Waals surface area contributed by atoms with E-state index < -0.39 is 10.0 Å². The first-order valence-electron chi connectivity index (χ1n) is 9.20. The van der Waals surface area contributed by atoms with E-state index in [1.165, 1.54) is 12.1 Å². The van der Waals surface area contributed by atoms with Crippen LogP contribution in [0.15, 0.2) is 53.4 Å². The van der Waals surface area contributed by atoms with Crippen LogP contribution in [0.3, 0.4) is 0 Å². The number of carbonyl (C=O) groups is 2. The van der Waals surface area contributed by atoms with Gasteiger partial charge in [0.1, 0.15) is 0 Å². The van der Waals surface area contributed by atoms with Gasteiger partial charge < -0.3 is 10.6 Å². The Bertz CT molecular complexity index is 1010. The number of halogens is 1. The molecule has 1 aliphatic carbocycles. The monoisotopic (exact) mass is 435 g/mol. The highest BCUT2D eigenvalue weighted by Gasteiger charge is 2.39. The summed E-state index contributed by atoms with van der Waals surface area (Å²) in [5, 5.41) is 5.81. The van der Waals surface area contributed by atoms with Crippen molar-refractivity contribution in [3.05, 3.63) is 59.1 Å². The SMILES string of the molecule is CC1CC1C(=O)Nc1ccc(C(=O)NCCNS(=O)(=O)c2cccc(Cl)c2)cc1. The summed E-state index contributed by atoms with van der Waals surface area (Å²) < 4.78 is 26.8. The first kappa shape index (κ1) is 21.3. The molecule has 29 heavy (non-hydrogen) atoms. The molecule has 2 atom stereocenters. The van der Waals surface area contributed by atoms with Gasteiger partial charge in [0.2, 0.25) is 15.9 Å². The fourth-order valence-electron chi connectivity index (χ4n) is 2.81. The molecule has 1 fully saturated rings. The van der Waals surface area contributed by atoms with Gasteiger partial charge in [-0.2, -0.15) is 0 Å². The minimum atomic E-state index is -3.69. The summed E-state index contributed by atoms with van der Waals surface area (Å²) in [6.45, 7) is 2.19. The third-order valence-corrected chi connectivity index (χ3v) is 6.36. The maximum Gasteiger partial charge on any atom is 0.251 e. The van der Waals surface area contributed by atoms with Crippen molar-refractivity contribution in [2.24, 2.45) is 11.8 Å². The quantitative estimate of drug-likeness (QED) is 0.554. The zero-order valence-corrected chi connectivity index (χ0v) is 17.4. The van der Waals surface area contributed by atoms with Gasteiger partial charge >= 0.3 is 0 Å². The van der Waals surface area contributed by atoms with Gasteiger partial charge in [-0.3, -0.25) is 9.59 Å². The predicted octanol–water partition coefficient (Wildman–Crippen LogP) is 2.64. The summed E-state index contributed by atoms with van der Waals surface area (Å²) in [5.74, 6) is 0.173. The third kappa shape index (κ3) is 5.79. The second-order valence-electron chi connectivity index (χ2n) is 7.00. The van der Waals surface area contributed by atoms with Crippen molar-refractivity contribution in [1.82, 2.24) is 10.0 Å². The van der Waals surface area contributed by atoms with E-state index in [0.717, 1.165) is 6.42 Å². The number of anilines is 1. The predicted molar refractivity (Wildman–Crippen MR) is 111 cm³/mol. The van der Waals surface area contributed by atoms with Crippen molar-refractivity contribution in [1.29, 1.82) is 0 Å². The van der Waals surface area contributed by atoms with Crippen LogP contribution >= 0.6 is 11.6 Å². The topological polar surface area (TPSA) is 104 Å². The minimum absolute atomic E-state index is 0.00156. The normalized spacial score (nSPS) is 18.1. The molecule has 0 aliphatic heterocycles. The van der Waals surface area contributed by atoms with E-state index in [-0.39, 0.29) is 35.7 Å². The average molecular weight is 436 g/mol. The fraction of sp³-hybridized carbons (Fsp3) is 0.300. The summed E-state index contributed by atoms with van der Waals surface area (Å²) in [4.78, 5) is 24.2. The van der Waals surface area contributed by atoms with Crippen LogP contribution in [0.4, 0.5) is 5.69 Å². The molecule has 1 saturated carbocycles. The number of hydrogen-bond acceptors (Lipinski definition) is 4. The molecule has 2 amide bonds. The number of amides is 2. The van der Waals surface area contributed by atoms with Crippen molar-refractivity contribution in [3.8, 4) is 0 Å². The summed E-state index contributed by atoms with van der Waals surface area (Å²) in [6, 6.07) is 12.5. The number of hydrogen-bond donors (Lipinski definition) is 3. The molecular weight excluding hydrogens is 414 g/mol. The first-order chi connectivity index (χ1) is 13.8. The molecule has 2 unspecified atom stereocenters. The number of rotatable bonds is 8. The maximum absolute atomic E-state index is 12.2. The van der Waals surface area contributed by atoms with Gasteiger partial charge in [-0.15, -0.1) is 0 Å². The summed E-state index contributed by atoms with van der Waals surface area (Å²) >= 11 is 5.81. The largest absolute Gasteiger partial charge is 0.351 e. The number of carbonyl (C=O) groups excluding carboxylic acids is 2. The molecule has 0 heterocycles. The maximum atomic E-state index is 12.2. The molecule has 3 N–H and O–H groups in total. The van der Waals surface area contributed by atoms with Gasteiger partial charge in [0, 0.05) is 35.3 Å². The van der Waals surface area contributed by atoms with Crippen LogP contribution in [-0.2, 0) is 14.8 Å². The Labute approximate surface area is 174 Å². The lowest BCUT2D eigenvalue weighted by molar-refractivity contribution is -0.117. The molecule has 7 nitrogen and oxygen atoms in total. The number of nitrogens with one attached hydrogen (secondary N) is 3. The third-order valence-electron chi connectivity index (χ3n) is 4.67. The van der Waals surface area contributed by atoms with Gasteiger partial charge in [0.15, 0.2) is 0 Å². The average Bonchev–Trinajstić information content (AvgIpc) is 3.42. The molecule has 9 heteroatoms. The van der Waals surface area contributed by atoms with Crippen LogP contribution in [0.5, 0.6) is 0 Å². The molecule has 0 spiro atoms. The van der Waals surface area contributed by atoms with Crippen LogP contribution in [0.1, 0.15) is 23.7 Å². The smallest absolute Gasteiger partial charge is 0.251 e. The molecule has 2 aromatic rings.